The van der Waals surface area contributed by atoms with Crippen LogP contribution in [0.25, 0.3) is 6.08 Å². The fourth-order valence-corrected chi connectivity index (χ4v) is 2.57. The Labute approximate surface area is 144 Å². The van der Waals surface area contributed by atoms with Crippen molar-refractivity contribution in [3.8, 4) is 11.5 Å². The third kappa shape index (κ3) is 8.73. The molecule has 0 aliphatic heterocycles. The van der Waals surface area contributed by atoms with Crippen LogP contribution in [0.3, 0.4) is 0 Å². The number of carbonyl (C=O) groups is 1. The number of hydrogen-bond donors (Lipinski definition) is 3. The number of allylic oxidation sites excluding steroid dienone is 1. The Balaban J connectivity index is 2.21. The van der Waals surface area contributed by atoms with E-state index in [1.54, 1.807) is 12.1 Å². The number of phenolic OH excluding ortho intramolecular Hbond substituents is 2. The maximum Gasteiger partial charge on any atom is 0.158 e. The topological polar surface area (TPSA) is 77.8 Å². The summed E-state index contributed by atoms with van der Waals surface area (Å²) in [6.07, 6.45) is 11.5. The number of carbonyl (C=O) groups excluding carboxylic acids is 1. The maximum absolute atomic E-state index is 11.8. The lowest BCUT2D eigenvalue weighted by molar-refractivity contribution is -0.116. The molecule has 4 nitrogen and oxygen atoms in total. The van der Waals surface area contributed by atoms with Gasteiger partial charge in [-0.1, -0.05) is 64.0 Å². The number of aromatic hydroxyl groups is 2. The standard InChI is InChI=1S/C20H30O4/c1-2-3-4-5-6-7-8-9-17(21)15-18(22)12-10-16-11-13-19(23)20(24)14-16/h10-14,17,21,23-24H,2-9,15H2,1H3. The van der Waals surface area contributed by atoms with E-state index in [9.17, 15) is 20.1 Å². The summed E-state index contributed by atoms with van der Waals surface area (Å²) >= 11 is 0. The summed E-state index contributed by atoms with van der Waals surface area (Å²) in [7, 11) is 0. The average molecular weight is 334 g/mol. The molecule has 0 bridgehead atoms. The summed E-state index contributed by atoms with van der Waals surface area (Å²) in [6, 6.07) is 4.36. The fraction of sp³-hybridized carbons (Fsp3) is 0.550. The summed E-state index contributed by atoms with van der Waals surface area (Å²) in [5.41, 5.74) is 0.625. The van der Waals surface area contributed by atoms with Crippen molar-refractivity contribution in [3.05, 3.63) is 29.8 Å². The van der Waals surface area contributed by atoms with Crippen molar-refractivity contribution in [2.75, 3.05) is 0 Å². The number of hydrogen-bond acceptors (Lipinski definition) is 4. The third-order valence-electron chi connectivity index (χ3n) is 4.04. The number of aliphatic hydroxyl groups excluding tert-OH is 1. The van der Waals surface area contributed by atoms with Crippen LogP contribution in [0.5, 0.6) is 11.5 Å². The minimum atomic E-state index is -0.592. The van der Waals surface area contributed by atoms with Gasteiger partial charge in [-0.15, -0.1) is 0 Å². The van der Waals surface area contributed by atoms with E-state index >= 15 is 0 Å². The van der Waals surface area contributed by atoms with Crippen molar-refractivity contribution < 1.29 is 20.1 Å². The fourth-order valence-electron chi connectivity index (χ4n) is 2.57. The minimum absolute atomic E-state index is 0.121. The highest BCUT2D eigenvalue weighted by molar-refractivity contribution is 5.93. The first-order valence-corrected chi connectivity index (χ1v) is 8.94. The van der Waals surface area contributed by atoms with Crippen LogP contribution in [-0.4, -0.2) is 27.2 Å². The van der Waals surface area contributed by atoms with Crippen LogP contribution in [0.4, 0.5) is 0 Å². The molecule has 1 rings (SSSR count). The van der Waals surface area contributed by atoms with Crippen LogP contribution in [0.15, 0.2) is 24.3 Å². The zero-order valence-corrected chi connectivity index (χ0v) is 14.6. The number of rotatable bonds is 12. The number of ketones is 1. The van der Waals surface area contributed by atoms with Crippen molar-refractivity contribution in [3.63, 3.8) is 0 Å². The highest BCUT2D eigenvalue weighted by atomic mass is 16.3. The normalized spacial score (nSPS) is 12.6. The lowest BCUT2D eigenvalue weighted by atomic mass is 10.0. The molecule has 134 valence electrons. The molecule has 1 aromatic rings. The molecule has 1 atom stereocenters. The molecule has 0 aromatic heterocycles. The summed E-state index contributed by atoms with van der Waals surface area (Å²) < 4.78 is 0. The number of phenols is 2. The van der Waals surface area contributed by atoms with Gasteiger partial charge >= 0.3 is 0 Å². The Morgan fingerprint density at radius 1 is 1.04 bits per heavy atom. The monoisotopic (exact) mass is 334 g/mol. The smallest absolute Gasteiger partial charge is 0.158 e. The highest BCUT2D eigenvalue weighted by Gasteiger charge is 2.08. The Morgan fingerprint density at radius 2 is 1.71 bits per heavy atom. The molecule has 0 spiro atoms. The first kappa shape index (κ1) is 20.2. The van der Waals surface area contributed by atoms with Crippen LogP contribution < -0.4 is 0 Å². The zero-order chi connectivity index (χ0) is 17.8. The average Bonchev–Trinajstić information content (AvgIpc) is 2.55. The molecule has 0 fully saturated rings. The Bertz CT molecular complexity index is 522. The second-order valence-corrected chi connectivity index (χ2v) is 6.32. The highest BCUT2D eigenvalue weighted by Crippen LogP contribution is 2.25. The molecule has 0 radical (unpaired) electrons. The summed E-state index contributed by atoms with van der Waals surface area (Å²) in [4.78, 5) is 11.8. The van der Waals surface area contributed by atoms with Gasteiger partial charge in [-0.25, -0.2) is 0 Å². The van der Waals surface area contributed by atoms with E-state index < -0.39 is 6.10 Å². The van der Waals surface area contributed by atoms with Crippen molar-refractivity contribution in [1.82, 2.24) is 0 Å². The molecule has 0 saturated heterocycles. The van der Waals surface area contributed by atoms with Crippen LogP contribution in [0.2, 0.25) is 0 Å². The molecule has 0 amide bonds. The van der Waals surface area contributed by atoms with E-state index in [-0.39, 0.29) is 23.7 Å². The lowest BCUT2D eigenvalue weighted by Gasteiger charge is -2.08. The van der Waals surface area contributed by atoms with Gasteiger partial charge in [-0.05, 0) is 30.2 Å². The first-order valence-electron chi connectivity index (χ1n) is 8.94. The van der Waals surface area contributed by atoms with Crippen molar-refractivity contribution in [2.24, 2.45) is 0 Å². The third-order valence-corrected chi connectivity index (χ3v) is 4.04. The van der Waals surface area contributed by atoms with Crippen LogP contribution in [0, 0.1) is 0 Å². The molecule has 4 heteroatoms. The Morgan fingerprint density at radius 3 is 2.38 bits per heavy atom. The van der Waals surface area contributed by atoms with Gasteiger partial charge < -0.3 is 15.3 Å². The maximum atomic E-state index is 11.8. The lowest BCUT2D eigenvalue weighted by Crippen LogP contribution is -2.11. The van der Waals surface area contributed by atoms with E-state index in [4.69, 9.17) is 0 Å². The molecular formula is C20H30O4. The minimum Gasteiger partial charge on any atom is -0.504 e. The molecule has 1 aromatic carbocycles. The summed E-state index contributed by atoms with van der Waals surface area (Å²) in [5, 5.41) is 28.5. The van der Waals surface area contributed by atoms with Gasteiger partial charge in [0.2, 0.25) is 0 Å². The Hall–Kier alpha value is -1.81. The van der Waals surface area contributed by atoms with Crippen molar-refractivity contribution in [1.29, 1.82) is 0 Å². The second-order valence-electron chi connectivity index (χ2n) is 6.32. The van der Waals surface area contributed by atoms with E-state index in [0.717, 1.165) is 12.8 Å². The van der Waals surface area contributed by atoms with Crippen molar-refractivity contribution >= 4 is 11.9 Å². The van der Waals surface area contributed by atoms with Gasteiger partial charge in [0.05, 0.1) is 6.10 Å². The molecular weight excluding hydrogens is 304 g/mol. The van der Waals surface area contributed by atoms with Gasteiger partial charge in [0.15, 0.2) is 17.3 Å². The molecule has 0 saturated carbocycles. The van der Waals surface area contributed by atoms with Gasteiger partial charge in [0, 0.05) is 6.42 Å². The Kier molecular flexibility index (Phi) is 9.85. The predicted molar refractivity (Wildman–Crippen MR) is 97.0 cm³/mol. The predicted octanol–water partition coefficient (Wildman–Crippen LogP) is 4.57. The largest absolute Gasteiger partial charge is 0.504 e. The summed E-state index contributed by atoms with van der Waals surface area (Å²) in [6.45, 7) is 2.20. The SMILES string of the molecule is CCCCCCCCCC(O)CC(=O)C=Cc1ccc(O)c(O)c1. The van der Waals surface area contributed by atoms with E-state index in [1.807, 2.05) is 0 Å². The molecule has 0 aliphatic carbocycles. The van der Waals surface area contributed by atoms with Crippen LogP contribution in [0.1, 0.15) is 70.3 Å². The van der Waals surface area contributed by atoms with Crippen LogP contribution in [-0.2, 0) is 4.79 Å². The number of unbranched alkanes of at least 4 members (excludes halogenated alkanes) is 6. The van der Waals surface area contributed by atoms with Crippen molar-refractivity contribution in [2.45, 2.75) is 70.8 Å². The van der Waals surface area contributed by atoms with Gasteiger partial charge in [0.1, 0.15) is 0 Å². The first-order chi connectivity index (χ1) is 11.5. The number of aliphatic hydroxyl groups is 1. The number of benzene rings is 1. The summed E-state index contributed by atoms with van der Waals surface area (Å²) in [5.74, 6) is -0.551. The molecule has 0 aliphatic rings. The molecule has 0 heterocycles. The van der Waals surface area contributed by atoms with Gasteiger partial charge in [0.25, 0.3) is 0 Å². The molecule has 3 N–H and O–H groups in total. The molecule has 24 heavy (non-hydrogen) atoms. The molecule has 1 unspecified atom stereocenters. The van der Waals surface area contributed by atoms with E-state index in [2.05, 4.69) is 6.92 Å². The van der Waals surface area contributed by atoms with Crippen LogP contribution >= 0.6 is 0 Å². The zero-order valence-electron chi connectivity index (χ0n) is 14.6. The van der Waals surface area contributed by atoms with Gasteiger partial charge in [-0.3, -0.25) is 4.79 Å². The van der Waals surface area contributed by atoms with E-state index in [0.29, 0.717) is 12.0 Å². The quantitative estimate of drug-likeness (QED) is 0.297. The van der Waals surface area contributed by atoms with E-state index in [1.165, 1.54) is 50.3 Å². The van der Waals surface area contributed by atoms with Gasteiger partial charge in [-0.2, -0.15) is 0 Å². The second kappa shape index (κ2) is 11.7.